The van der Waals surface area contributed by atoms with Crippen LogP contribution >= 0.6 is 0 Å². The number of rotatable bonds is 3. The first-order chi connectivity index (χ1) is 7.71. The molecule has 0 saturated carbocycles. The van der Waals surface area contributed by atoms with Crippen molar-refractivity contribution in [2.24, 2.45) is 5.41 Å². The summed E-state index contributed by atoms with van der Waals surface area (Å²) >= 11 is 0. The lowest BCUT2D eigenvalue weighted by atomic mass is 9.88. The van der Waals surface area contributed by atoms with Gasteiger partial charge in [0.15, 0.2) is 0 Å². The zero-order valence-corrected chi connectivity index (χ0v) is 10.9. The van der Waals surface area contributed by atoms with Gasteiger partial charge in [0.1, 0.15) is 0 Å². The molecule has 1 rings (SSSR count). The van der Waals surface area contributed by atoms with E-state index < -0.39 is 4.92 Å². The van der Waals surface area contributed by atoms with Gasteiger partial charge in [-0.3, -0.25) is 10.1 Å². The number of anilines is 1. The Morgan fingerprint density at radius 1 is 1.47 bits per heavy atom. The summed E-state index contributed by atoms with van der Waals surface area (Å²) in [5.74, 6) is 0.336. The van der Waals surface area contributed by atoms with Gasteiger partial charge in [0.25, 0.3) is 0 Å². The fourth-order valence-corrected chi connectivity index (χ4v) is 1.23. The summed E-state index contributed by atoms with van der Waals surface area (Å²) in [6, 6.07) is 1.63. The van der Waals surface area contributed by atoms with Crippen LogP contribution in [0.15, 0.2) is 12.3 Å². The molecule has 17 heavy (non-hydrogen) atoms. The van der Waals surface area contributed by atoms with Gasteiger partial charge in [-0.15, -0.1) is 0 Å². The highest BCUT2D eigenvalue weighted by atomic mass is 16.6. The minimum atomic E-state index is -0.405. The van der Waals surface area contributed by atoms with Crippen molar-refractivity contribution in [3.8, 4) is 0 Å². The molecule has 1 aromatic rings. The maximum absolute atomic E-state index is 10.9. The van der Waals surface area contributed by atoms with Crippen molar-refractivity contribution in [1.82, 2.24) is 4.98 Å². The molecule has 0 spiro atoms. The molecule has 0 radical (unpaired) electrons. The quantitative estimate of drug-likeness (QED) is 0.647. The number of aryl methyl sites for hydroxylation is 1. The Morgan fingerprint density at radius 2 is 2.06 bits per heavy atom. The standard InChI is InChI=1S/C12H19N3O2/c1-8-6-10(15(16)17)11(13-7-8)14-9(2)12(3,4)5/h6-7,9H,1-5H3,(H,13,14). The Balaban J connectivity index is 3.03. The van der Waals surface area contributed by atoms with E-state index in [1.807, 2.05) is 6.92 Å². The first-order valence-electron chi connectivity index (χ1n) is 5.59. The number of pyridine rings is 1. The maximum atomic E-state index is 10.9. The first-order valence-corrected chi connectivity index (χ1v) is 5.59. The van der Waals surface area contributed by atoms with Gasteiger partial charge in [0.05, 0.1) is 4.92 Å². The summed E-state index contributed by atoms with van der Waals surface area (Å²) < 4.78 is 0. The average Bonchev–Trinajstić information content (AvgIpc) is 2.18. The highest BCUT2D eigenvalue weighted by Gasteiger charge is 2.24. The summed E-state index contributed by atoms with van der Waals surface area (Å²) in [6.07, 6.45) is 1.63. The van der Waals surface area contributed by atoms with Gasteiger partial charge in [0.2, 0.25) is 5.82 Å². The van der Waals surface area contributed by atoms with Crippen LogP contribution in [0.5, 0.6) is 0 Å². The highest BCUT2D eigenvalue weighted by molar-refractivity contribution is 5.57. The normalized spacial score (nSPS) is 13.2. The first kappa shape index (κ1) is 13.4. The zero-order chi connectivity index (χ0) is 13.2. The monoisotopic (exact) mass is 237 g/mol. The SMILES string of the molecule is Cc1cnc(NC(C)C(C)(C)C)c([N+](=O)[O-])c1. The van der Waals surface area contributed by atoms with Gasteiger partial charge in [0, 0.05) is 18.3 Å². The minimum Gasteiger partial charge on any atom is -0.361 e. The summed E-state index contributed by atoms with van der Waals surface area (Å²) in [4.78, 5) is 14.6. The summed E-state index contributed by atoms with van der Waals surface area (Å²) in [5.41, 5.74) is 0.826. The van der Waals surface area contributed by atoms with E-state index in [-0.39, 0.29) is 17.1 Å². The second kappa shape index (κ2) is 4.69. The largest absolute Gasteiger partial charge is 0.361 e. The molecule has 0 aliphatic carbocycles. The Kier molecular flexibility index (Phi) is 3.70. The molecule has 0 aromatic carbocycles. The third-order valence-electron chi connectivity index (χ3n) is 2.85. The second-order valence-corrected chi connectivity index (χ2v) is 5.37. The average molecular weight is 237 g/mol. The Hall–Kier alpha value is -1.65. The van der Waals surface area contributed by atoms with E-state index in [1.54, 1.807) is 13.1 Å². The molecular weight excluding hydrogens is 218 g/mol. The molecule has 1 N–H and O–H groups in total. The van der Waals surface area contributed by atoms with E-state index in [0.717, 1.165) is 5.56 Å². The van der Waals surface area contributed by atoms with Gasteiger partial charge < -0.3 is 5.32 Å². The Bertz CT molecular complexity index is 424. The lowest BCUT2D eigenvalue weighted by molar-refractivity contribution is -0.384. The van der Waals surface area contributed by atoms with Crippen LogP contribution in [0.3, 0.4) is 0 Å². The maximum Gasteiger partial charge on any atom is 0.311 e. The molecule has 5 heteroatoms. The van der Waals surface area contributed by atoms with E-state index in [1.165, 1.54) is 6.07 Å². The van der Waals surface area contributed by atoms with Crippen LogP contribution in [-0.4, -0.2) is 15.9 Å². The van der Waals surface area contributed by atoms with Gasteiger partial charge >= 0.3 is 5.69 Å². The molecule has 0 fully saturated rings. The van der Waals surface area contributed by atoms with Crippen molar-refractivity contribution in [3.63, 3.8) is 0 Å². The molecule has 1 heterocycles. The lowest BCUT2D eigenvalue weighted by Crippen LogP contribution is -2.31. The predicted molar refractivity (Wildman–Crippen MR) is 68.2 cm³/mol. The number of hydrogen-bond acceptors (Lipinski definition) is 4. The summed E-state index contributed by atoms with van der Waals surface area (Å²) in [7, 11) is 0. The van der Waals surface area contributed by atoms with Gasteiger partial charge in [-0.25, -0.2) is 4.98 Å². The molecular formula is C12H19N3O2. The Labute approximate surface area is 101 Å². The fourth-order valence-electron chi connectivity index (χ4n) is 1.23. The molecule has 1 aromatic heterocycles. The number of nitrogens with zero attached hydrogens (tertiary/aromatic N) is 2. The lowest BCUT2D eigenvalue weighted by Gasteiger charge is -2.28. The molecule has 0 saturated heterocycles. The van der Waals surface area contributed by atoms with E-state index in [9.17, 15) is 10.1 Å². The summed E-state index contributed by atoms with van der Waals surface area (Å²) in [6.45, 7) is 10.0. The molecule has 94 valence electrons. The second-order valence-electron chi connectivity index (χ2n) is 5.37. The van der Waals surface area contributed by atoms with Crippen molar-refractivity contribution in [3.05, 3.63) is 27.9 Å². The van der Waals surface area contributed by atoms with Crippen molar-refractivity contribution in [2.45, 2.75) is 40.7 Å². The van der Waals surface area contributed by atoms with Crippen LogP contribution in [0.1, 0.15) is 33.3 Å². The van der Waals surface area contributed by atoms with E-state index in [4.69, 9.17) is 0 Å². The smallest absolute Gasteiger partial charge is 0.311 e. The third kappa shape index (κ3) is 3.41. The van der Waals surface area contributed by atoms with Crippen LogP contribution in [0, 0.1) is 22.5 Å². The van der Waals surface area contributed by atoms with Crippen LogP contribution in [-0.2, 0) is 0 Å². The minimum absolute atomic E-state index is 0.0143. The van der Waals surface area contributed by atoms with Crippen molar-refractivity contribution in [1.29, 1.82) is 0 Å². The van der Waals surface area contributed by atoms with E-state index >= 15 is 0 Å². The molecule has 0 amide bonds. The molecule has 5 nitrogen and oxygen atoms in total. The van der Waals surface area contributed by atoms with Crippen molar-refractivity contribution in [2.75, 3.05) is 5.32 Å². The number of aromatic nitrogens is 1. The molecule has 1 atom stereocenters. The van der Waals surface area contributed by atoms with Gasteiger partial charge in [-0.1, -0.05) is 20.8 Å². The summed E-state index contributed by atoms with van der Waals surface area (Å²) in [5, 5.41) is 14.0. The third-order valence-corrected chi connectivity index (χ3v) is 2.85. The van der Waals surface area contributed by atoms with Crippen LogP contribution in [0.25, 0.3) is 0 Å². The van der Waals surface area contributed by atoms with Crippen molar-refractivity contribution < 1.29 is 4.92 Å². The van der Waals surface area contributed by atoms with Gasteiger partial charge in [-0.05, 0) is 24.8 Å². The topological polar surface area (TPSA) is 68.1 Å². The van der Waals surface area contributed by atoms with Crippen LogP contribution < -0.4 is 5.32 Å². The predicted octanol–water partition coefficient (Wildman–Crippen LogP) is 3.14. The molecule has 0 bridgehead atoms. The molecule has 1 unspecified atom stereocenters. The van der Waals surface area contributed by atoms with E-state index in [0.29, 0.717) is 5.82 Å². The number of hydrogen-bond donors (Lipinski definition) is 1. The molecule has 0 aliphatic rings. The zero-order valence-electron chi connectivity index (χ0n) is 10.9. The van der Waals surface area contributed by atoms with Crippen LogP contribution in [0.2, 0.25) is 0 Å². The fraction of sp³-hybridized carbons (Fsp3) is 0.583. The van der Waals surface area contributed by atoms with E-state index in [2.05, 4.69) is 31.1 Å². The van der Waals surface area contributed by atoms with Crippen LogP contribution in [0.4, 0.5) is 11.5 Å². The Morgan fingerprint density at radius 3 is 2.53 bits per heavy atom. The van der Waals surface area contributed by atoms with Gasteiger partial charge in [-0.2, -0.15) is 0 Å². The number of nitro groups is 1. The number of nitrogens with one attached hydrogen (secondary N) is 1. The van der Waals surface area contributed by atoms with Crippen molar-refractivity contribution >= 4 is 11.5 Å². The molecule has 0 aliphatic heterocycles. The highest BCUT2D eigenvalue weighted by Crippen LogP contribution is 2.27.